The van der Waals surface area contributed by atoms with Crippen molar-refractivity contribution in [3.63, 3.8) is 0 Å². The highest BCUT2D eigenvalue weighted by Crippen LogP contribution is 2.29. The number of aromatic nitrogens is 5. The second-order valence-corrected chi connectivity index (χ2v) is 9.06. The first kappa shape index (κ1) is 19.5. The van der Waals surface area contributed by atoms with Crippen LogP contribution in [-0.2, 0) is 22.5 Å². The molecule has 148 valence electrons. The van der Waals surface area contributed by atoms with Gasteiger partial charge in [-0.1, -0.05) is 30.0 Å². The molecule has 0 aromatic carbocycles. The molecule has 1 amide bonds. The maximum Gasteiger partial charge on any atom is 0.236 e. The van der Waals surface area contributed by atoms with Gasteiger partial charge in [0, 0.05) is 22.4 Å². The lowest BCUT2D eigenvalue weighted by molar-refractivity contribution is -0.113. The van der Waals surface area contributed by atoms with Crippen LogP contribution >= 0.6 is 34.4 Å². The van der Waals surface area contributed by atoms with Crippen LogP contribution in [0.1, 0.15) is 24.6 Å². The van der Waals surface area contributed by atoms with E-state index in [1.807, 2.05) is 0 Å². The van der Waals surface area contributed by atoms with Crippen molar-refractivity contribution in [3.05, 3.63) is 21.8 Å². The predicted molar refractivity (Wildman–Crippen MR) is 111 cm³/mol. The Kier molecular flexibility index (Phi) is 6.35. The van der Waals surface area contributed by atoms with Gasteiger partial charge in [0.1, 0.15) is 5.51 Å². The molecule has 1 atom stereocenters. The average Bonchev–Trinajstić information content (AvgIpc) is 3.48. The third kappa shape index (κ3) is 4.59. The van der Waals surface area contributed by atoms with Crippen LogP contribution in [0.2, 0.25) is 0 Å². The fourth-order valence-electron chi connectivity index (χ4n) is 2.96. The molecule has 11 heteroatoms. The second kappa shape index (κ2) is 9.12. The van der Waals surface area contributed by atoms with Gasteiger partial charge in [-0.25, -0.2) is 0 Å². The van der Waals surface area contributed by atoms with Crippen molar-refractivity contribution in [3.8, 4) is 11.4 Å². The number of rotatable bonds is 8. The summed E-state index contributed by atoms with van der Waals surface area (Å²) in [5.74, 6) is 0.921. The molecule has 1 unspecified atom stereocenters. The van der Waals surface area contributed by atoms with E-state index in [0.29, 0.717) is 11.7 Å². The van der Waals surface area contributed by atoms with Crippen molar-refractivity contribution >= 4 is 45.5 Å². The van der Waals surface area contributed by atoms with Gasteiger partial charge in [-0.15, -0.1) is 31.7 Å². The Morgan fingerprint density at radius 2 is 2.32 bits per heavy atom. The second-order valence-electron chi connectivity index (χ2n) is 6.29. The van der Waals surface area contributed by atoms with Crippen LogP contribution in [0.25, 0.3) is 11.4 Å². The number of hydrogen-bond acceptors (Lipinski definition) is 9. The van der Waals surface area contributed by atoms with Gasteiger partial charge in [0.05, 0.1) is 18.4 Å². The summed E-state index contributed by atoms with van der Waals surface area (Å²) in [7, 11) is 0. The number of thioether (sulfide) groups is 1. The SMILES string of the molecule is CCc1cc(-c2nnc(SCC(=O)Nc3nncs3)n2CC2CCCO2)cs1. The molecule has 1 fully saturated rings. The zero-order valence-corrected chi connectivity index (χ0v) is 17.8. The summed E-state index contributed by atoms with van der Waals surface area (Å²) < 4.78 is 7.90. The number of thiophene rings is 1. The number of amides is 1. The van der Waals surface area contributed by atoms with Crippen molar-refractivity contribution in [1.82, 2.24) is 25.0 Å². The molecule has 0 aliphatic carbocycles. The van der Waals surface area contributed by atoms with E-state index in [4.69, 9.17) is 4.74 Å². The standard InChI is InChI=1S/C17H20N6O2S3/c1-2-13-6-11(8-26-13)15-20-22-17(23(15)7-12-4-3-5-25-12)27-9-14(24)19-16-21-18-10-28-16/h6,8,10,12H,2-5,7,9H2,1H3,(H,19,21,24). The van der Waals surface area contributed by atoms with Gasteiger partial charge in [-0.05, 0) is 25.3 Å². The maximum atomic E-state index is 12.2. The van der Waals surface area contributed by atoms with Gasteiger partial charge >= 0.3 is 0 Å². The number of ether oxygens (including phenoxy) is 1. The molecule has 0 saturated carbocycles. The predicted octanol–water partition coefficient (Wildman–Crippen LogP) is 3.33. The normalized spacial score (nSPS) is 16.5. The van der Waals surface area contributed by atoms with Crippen molar-refractivity contribution in [1.29, 1.82) is 0 Å². The smallest absolute Gasteiger partial charge is 0.236 e. The molecule has 8 nitrogen and oxygen atoms in total. The molecule has 0 spiro atoms. The third-order valence-corrected chi connectivity index (χ3v) is 6.98. The van der Waals surface area contributed by atoms with E-state index in [2.05, 4.69) is 48.6 Å². The molecule has 4 rings (SSSR count). The number of nitrogens with zero attached hydrogens (tertiary/aromatic N) is 5. The molecule has 0 bridgehead atoms. The number of nitrogens with one attached hydrogen (secondary N) is 1. The topological polar surface area (TPSA) is 94.8 Å². The molecule has 0 radical (unpaired) electrons. The van der Waals surface area contributed by atoms with Crippen molar-refractivity contribution in [2.75, 3.05) is 17.7 Å². The summed E-state index contributed by atoms with van der Waals surface area (Å²) in [6, 6.07) is 2.16. The zero-order valence-electron chi connectivity index (χ0n) is 15.3. The first-order chi connectivity index (χ1) is 13.7. The summed E-state index contributed by atoms with van der Waals surface area (Å²) in [6.07, 6.45) is 3.27. The van der Waals surface area contributed by atoms with Crippen LogP contribution < -0.4 is 5.32 Å². The number of aryl methyl sites for hydroxylation is 1. The Hall–Kier alpha value is -1.82. The molecular formula is C17H20N6O2S3. The minimum Gasteiger partial charge on any atom is -0.376 e. The summed E-state index contributed by atoms with van der Waals surface area (Å²) >= 11 is 4.39. The minimum atomic E-state index is -0.140. The van der Waals surface area contributed by atoms with Crippen LogP contribution in [0.15, 0.2) is 22.1 Å². The Balaban J connectivity index is 1.51. The van der Waals surface area contributed by atoms with Gasteiger partial charge in [-0.3, -0.25) is 14.7 Å². The van der Waals surface area contributed by atoms with E-state index in [9.17, 15) is 4.79 Å². The summed E-state index contributed by atoms with van der Waals surface area (Å²) in [5.41, 5.74) is 2.65. The van der Waals surface area contributed by atoms with Crippen molar-refractivity contribution < 1.29 is 9.53 Å². The monoisotopic (exact) mass is 436 g/mol. The van der Waals surface area contributed by atoms with Crippen LogP contribution in [0.3, 0.4) is 0 Å². The molecule has 3 aromatic rings. The van der Waals surface area contributed by atoms with Gasteiger partial charge in [0.15, 0.2) is 11.0 Å². The summed E-state index contributed by atoms with van der Waals surface area (Å²) in [6.45, 7) is 3.64. The quantitative estimate of drug-likeness (QED) is 0.541. The van der Waals surface area contributed by atoms with Gasteiger partial charge in [0.25, 0.3) is 0 Å². The number of carbonyl (C=O) groups excluding carboxylic acids is 1. The first-order valence-corrected chi connectivity index (χ1v) is 11.8. The van der Waals surface area contributed by atoms with Crippen LogP contribution in [0.4, 0.5) is 5.13 Å². The van der Waals surface area contributed by atoms with Crippen LogP contribution in [-0.4, -0.2) is 49.3 Å². The Labute approximate surface area is 174 Å². The Morgan fingerprint density at radius 3 is 3.04 bits per heavy atom. The molecule has 3 aromatic heterocycles. The molecule has 1 aliphatic heterocycles. The average molecular weight is 437 g/mol. The summed E-state index contributed by atoms with van der Waals surface area (Å²) in [4.78, 5) is 13.5. The van der Waals surface area contributed by atoms with Crippen molar-refractivity contribution in [2.24, 2.45) is 0 Å². The lowest BCUT2D eigenvalue weighted by atomic mass is 10.2. The highest BCUT2D eigenvalue weighted by molar-refractivity contribution is 7.99. The number of carbonyl (C=O) groups is 1. The van der Waals surface area contributed by atoms with Crippen LogP contribution in [0.5, 0.6) is 0 Å². The lowest BCUT2D eigenvalue weighted by Gasteiger charge is -2.14. The van der Waals surface area contributed by atoms with Crippen molar-refractivity contribution in [2.45, 2.75) is 44.0 Å². The van der Waals surface area contributed by atoms with Gasteiger partial charge in [0.2, 0.25) is 11.0 Å². The van der Waals surface area contributed by atoms with E-state index in [-0.39, 0.29) is 17.8 Å². The fourth-order valence-corrected chi connectivity index (χ4v) is 4.98. The highest BCUT2D eigenvalue weighted by Gasteiger charge is 2.22. The Bertz CT molecular complexity index is 917. The molecule has 4 heterocycles. The van der Waals surface area contributed by atoms with E-state index >= 15 is 0 Å². The highest BCUT2D eigenvalue weighted by atomic mass is 32.2. The molecule has 28 heavy (non-hydrogen) atoms. The fraction of sp³-hybridized carbons (Fsp3) is 0.471. The van der Waals surface area contributed by atoms with E-state index in [1.165, 1.54) is 28.0 Å². The maximum absolute atomic E-state index is 12.2. The van der Waals surface area contributed by atoms with E-state index < -0.39 is 0 Å². The molecule has 1 N–H and O–H groups in total. The zero-order chi connectivity index (χ0) is 19.3. The minimum absolute atomic E-state index is 0.140. The molecular weight excluding hydrogens is 416 g/mol. The molecule has 1 saturated heterocycles. The third-order valence-electron chi connectivity index (χ3n) is 4.33. The largest absolute Gasteiger partial charge is 0.376 e. The molecule has 1 aliphatic rings. The number of anilines is 1. The van der Waals surface area contributed by atoms with E-state index in [1.54, 1.807) is 16.8 Å². The number of hydrogen-bond donors (Lipinski definition) is 1. The Morgan fingerprint density at radius 1 is 1.39 bits per heavy atom. The van der Waals surface area contributed by atoms with E-state index in [0.717, 1.165) is 42.4 Å². The van der Waals surface area contributed by atoms with Gasteiger partial charge < -0.3 is 4.74 Å². The van der Waals surface area contributed by atoms with Gasteiger partial charge in [-0.2, -0.15) is 0 Å². The summed E-state index contributed by atoms with van der Waals surface area (Å²) in [5, 5.41) is 22.4. The first-order valence-electron chi connectivity index (χ1n) is 9.04. The lowest BCUT2D eigenvalue weighted by Crippen LogP contribution is -2.18. The van der Waals surface area contributed by atoms with Crippen LogP contribution in [0, 0.1) is 0 Å².